The molecule has 1 aromatic heterocycles. The summed E-state index contributed by atoms with van der Waals surface area (Å²) in [6, 6.07) is 10.3. The molecule has 88 valence electrons. The highest BCUT2D eigenvalue weighted by Gasteiger charge is 2.10. The van der Waals surface area contributed by atoms with E-state index in [4.69, 9.17) is 27.6 Å². The van der Waals surface area contributed by atoms with Gasteiger partial charge in [-0.1, -0.05) is 12.1 Å². The van der Waals surface area contributed by atoms with Crippen LogP contribution >= 0.6 is 23.2 Å². The molecule has 0 spiro atoms. The zero-order chi connectivity index (χ0) is 12.3. The van der Waals surface area contributed by atoms with Crippen LogP contribution in [0.25, 0.3) is 0 Å². The summed E-state index contributed by atoms with van der Waals surface area (Å²) >= 11 is 11.3. The average molecular weight is 270 g/mol. The molecule has 0 fully saturated rings. The number of anilines is 1. The molecule has 1 N–H and O–H groups in total. The van der Waals surface area contributed by atoms with E-state index in [0.29, 0.717) is 11.6 Å². The van der Waals surface area contributed by atoms with Crippen LogP contribution in [0.5, 0.6) is 0 Å². The SMILES string of the molecule is O=C(Nc1cccc(CCl)c1)c1ccc(Cl)o1. The van der Waals surface area contributed by atoms with Crippen LogP contribution in [-0.4, -0.2) is 5.91 Å². The van der Waals surface area contributed by atoms with E-state index in [1.54, 1.807) is 12.1 Å². The van der Waals surface area contributed by atoms with Crippen molar-refractivity contribution in [2.45, 2.75) is 5.88 Å². The summed E-state index contributed by atoms with van der Waals surface area (Å²) < 4.78 is 5.00. The number of hydrogen-bond acceptors (Lipinski definition) is 2. The fourth-order valence-corrected chi connectivity index (χ4v) is 1.67. The summed E-state index contributed by atoms with van der Waals surface area (Å²) in [5.41, 5.74) is 1.60. The third-order valence-electron chi connectivity index (χ3n) is 2.14. The maximum Gasteiger partial charge on any atom is 0.291 e. The Labute approximate surface area is 108 Å². The van der Waals surface area contributed by atoms with Gasteiger partial charge < -0.3 is 9.73 Å². The lowest BCUT2D eigenvalue weighted by Crippen LogP contribution is -2.10. The zero-order valence-electron chi connectivity index (χ0n) is 8.74. The zero-order valence-corrected chi connectivity index (χ0v) is 10.3. The molecular formula is C12H9Cl2NO2. The number of nitrogens with one attached hydrogen (secondary N) is 1. The molecule has 1 amide bonds. The summed E-state index contributed by atoms with van der Waals surface area (Å²) in [5.74, 6) is 0.228. The molecule has 3 nitrogen and oxygen atoms in total. The van der Waals surface area contributed by atoms with Crippen molar-refractivity contribution in [3.8, 4) is 0 Å². The van der Waals surface area contributed by atoms with Gasteiger partial charge in [-0.15, -0.1) is 11.6 Å². The van der Waals surface area contributed by atoms with Crippen LogP contribution in [0, 0.1) is 0 Å². The van der Waals surface area contributed by atoms with Crippen LogP contribution in [0.15, 0.2) is 40.8 Å². The van der Waals surface area contributed by atoms with Gasteiger partial charge in [-0.2, -0.15) is 0 Å². The molecule has 2 aromatic rings. The summed E-state index contributed by atoms with van der Waals surface area (Å²) in [4.78, 5) is 11.7. The highest BCUT2D eigenvalue weighted by Crippen LogP contribution is 2.16. The number of hydrogen-bond donors (Lipinski definition) is 1. The molecule has 0 saturated carbocycles. The van der Waals surface area contributed by atoms with Crippen LogP contribution < -0.4 is 5.32 Å². The molecule has 0 aliphatic heterocycles. The number of benzene rings is 1. The second-order valence-corrected chi connectivity index (χ2v) is 4.03. The smallest absolute Gasteiger partial charge is 0.291 e. The summed E-state index contributed by atoms with van der Waals surface area (Å²) in [5, 5.41) is 2.88. The minimum absolute atomic E-state index is 0.172. The van der Waals surface area contributed by atoms with Gasteiger partial charge in [0.2, 0.25) is 0 Å². The largest absolute Gasteiger partial charge is 0.440 e. The van der Waals surface area contributed by atoms with Crippen molar-refractivity contribution >= 4 is 34.8 Å². The average Bonchev–Trinajstić information content (AvgIpc) is 2.76. The van der Waals surface area contributed by atoms with Gasteiger partial charge in [0.25, 0.3) is 5.91 Å². The number of alkyl halides is 1. The number of furan rings is 1. The summed E-state index contributed by atoms with van der Waals surface area (Å²) in [6.07, 6.45) is 0. The quantitative estimate of drug-likeness (QED) is 0.859. The van der Waals surface area contributed by atoms with Crippen LogP contribution in [0.4, 0.5) is 5.69 Å². The maximum absolute atomic E-state index is 11.7. The Kier molecular flexibility index (Phi) is 3.71. The van der Waals surface area contributed by atoms with Crippen molar-refractivity contribution in [3.05, 3.63) is 52.9 Å². The Morgan fingerprint density at radius 3 is 2.76 bits per heavy atom. The van der Waals surface area contributed by atoms with E-state index in [-0.39, 0.29) is 16.9 Å². The molecule has 0 atom stereocenters. The third kappa shape index (κ3) is 3.02. The second kappa shape index (κ2) is 5.25. The Balaban J connectivity index is 2.12. The van der Waals surface area contributed by atoms with Crippen LogP contribution in [-0.2, 0) is 5.88 Å². The van der Waals surface area contributed by atoms with Crippen molar-refractivity contribution in [1.29, 1.82) is 0 Å². The molecule has 1 heterocycles. The lowest BCUT2D eigenvalue weighted by Gasteiger charge is -2.04. The molecular weight excluding hydrogens is 261 g/mol. The van der Waals surface area contributed by atoms with E-state index in [0.717, 1.165) is 5.56 Å². The standard InChI is InChI=1S/C12H9Cl2NO2/c13-7-8-2-1-3-9(6-8)15-12(16)10-4-5-11(14)17-10/h1-6H,7H2,(H,15,16). The maximum atomic E-state index is 11.7. The lowest BCUT2D eigenvalue weighted by molar-refractivity contribution is 0.0997. The molecule has 0 unspecified atom stereocenters. The van der Waals surface area contributed by atoms with Gasteiger partial charge in [-0.25, -0.2) is 0 Å². The van der Waals surface area contributed by atoms with Gasteiger partial charge in [0, 0.05) is 11.6 Å². The van der Waals surface area contributed by atoms with Crippen LogP contribution in [0.2, 0.25) is 5.22 Å². The fraction of sp³-hybridized carbons (Fsp3) is 0.0833. The topological polar surface area (TPSA) is 42.2 Å². The first-order chi connectivity index (χ1) is 8.19. The van der Waals surface area contributed by atoms with Crippen molar-refractivity contribution in [2.24, 2.45) is 0 Å². The Hall–Kier alpha value is -1.45. The summed E-state index contributed by atoms with van der Waals surface area (Å²) in [7, 11) is 0. The molecule has 0 aliphatic rings. The molecule has 0 aliphatic carbocycles. The molecule has 17 heavy (non-hydrogen) atoms. The predicted molar refractivity (Wildman–Crippen MR) is 67.7 cm³/mol. The number of carbonyl (C=O) groups is 1. The molecule has 2 rings (SSSR count). The predicted octanol–water partition coefficient (Wildman–Crippen LogP) is 3.92. The minimum atomic E-state index is -0.344. The Bertz CT molecular complexity index is 537. The van der Waals surface area contributed by atoms with Gasteiger partial charge in [0.1, 0.15) is 0 Å². The minimum Gasteiger partial charge on any atom is -0.440 e. The van der Waals surface area contributed by atoms with Crippen LogP contribution in [0.3, 0.4) is 0 Å². The number of carbonyl (C=O) groups excluding carboxylic acids is 1. The van der Waals surface area contributed by atoms with E-state index in [1.165, 1.54) is 12.1 Å². The second-order valence-electron chi connectivity index (χ2n) is 3.39. The first kappa shape index (κ1) is 12.0. The molecule has 0 radical (unpaired) electrons. The van der Waals surface area contributed by atoms with E-state index in [9.17, 15) is 4.79 Å². The monoisotopic (exact) mass is 269 g/mol. The molecule has 1 aromatic carbocycles. The third-order valence-corrected chi connectivity index (χ3v) is 2.65. The van der Waals surface area contributed by atoms with E-state index in [1.807, 2.05) is 12.1 Å². The number of halogens is 2. The lowest BCUT2D eigenvalue weighted by atomic mass is 10.2. The molecule has 0 saturated heterocycles. The van der Waals surface area contributed by atoms with Gasteiger partial charge in [0.15, 0.2) is 11.0 Å². The first-order valence-electron chi connectivity index (χ1n) is 4.90. The normalized spacial score (nSPS) is 10.2. The van der Waals surface area contributed by atoms with Crippen molar-refractivity contribution in [3.63, 3.8) is 0 Å². The van der Waals surface area contributed by atoms with Gasteiger partial charge >= 0.3 is 0 Å². The number of amides is 1. The Morgan fingerprint density at radius 1 is 1.29 bits per heavy atom. The van der Waals surface area contributed by atoms with Crippen molar-refractivity contribution in [2.75, 3.05) is 5.32 Å². The van der Waals surface area contributed by atoms with E-state index >= 15 is 0 Å². The van der Waals surface area contributed by atoms with Gasteiger partial charge in [0.05, 0.1) is 0 Å². The van der Waals surface area contributed by atoms with Crippen molar-refractivity contribution in [1.82, 2.24) is 0 Å². The fourth-order valence-electron chi connectivity index (χ4n) is 1.36. The first-order valence-corrected chi connectivity index (χ1v) is 5.82. The van der Waals surface area contributed by atoms with Crippen LogP contribution in [0.1, 0.15) is 16.1 Å². The molecule has 5 heteroatoms. The van der Waals surface area contributed by atoms with E-state index in [2.05, 4.69) is 5.32 Å². The van der Waals surface area contributed by atoms with Gasteiger partial charge in [-0.05, 0) is 41.4 Å². The Morgan fingerprint density at radius 2 is 2.12 bits per heavy atom. The molecule has 0 bridgehead atoms. The van der Waals surface area contributed by atoms with E-state index < -0.39 is 0 Å². The highest BCUT2D eigenvalue weighted by atomic mass is 35.5. The van der Waals surface area contributed by atoms with Gasteiger partial charge in [-0.3, -0.25) is 4.79 Å². The summed E-state index contributed by atoms with van der Waals surface area (Å²) in [6.45, 7) is 0. The van der Waals surface area contributed by atoms with Crippen molar-refractivity contribution < 1.29 is 9.21 Å². The number of rotatable bonds is 3. The highest BCUT2D eigenvalue weighted by molar-refractivity contribution is 6.29.